The largest absolute Gasteiger partial charge is 0.351 e. The van der Waals surface area contributed by atoms with E-state index in [4.69, 9.17) is 0 Å². The summed E-state index contributed by atoms with van der Waals surface area (Å²) in [6, 6.07) is 7.92. The maximum absolute atomic E-state index is 12.3. The summed E-state index contributed by atoms with van der Waals surface area (Å²) in [5.74, 6) is 0.102. The van der Waals surface area contributed by atoms with Crippen molar-refractivity contribution in [2.45, 2.75) is 39.3 Å². The van der Waals surface area contributed by atoms with Crippen molar-refractivity contribution in [1.82, 2.24) is 10.6 Å². The van der Waals surface area contributed by atoms with Crippen molar-refractivity contribution in [3.05, 3.63) is 34.3 Å². The number of carbonyl (C=O) groups excluding carboxylic acids is 1. The highest BCUT2D eigenvalue weighted by Gasteiger charge is 2.36. The molecule has 0 saturated carbocycles. The van der Waals surface area contributed by atoms with E-state index >= 15 is 0 Å². The molecule has 0 spiro atoms. The molecule has 1 atom stereocenters. The van der Waals surface area contributed by atoms with Crippen LogP contribution in [0.25, 0.3) is 0 Å². The van der Waals surface area contributed by atoms with Crippen LogP contribution in [-0.2, 0) is 11.3 Å². The van der Waals surface area contributed by atoms with Gasteiger partial charge in [0.05, 0.1) is 6.04 Å². The lowest BCUT2D eigenvalue weighted by Gasteiger charge is -2.38. The molecule has 2 N–H and O–H groups in total. The molecular weight excluding hydrogens is 304 g/mol. The summed E-state index contributed by atoms with van der Waals surface area (Å²) >= 11 is 3.44. The molecule has 3 nitrogen and oxygen atoms in total. The van der Waals surface area contributed by atoms with Gasteiger partial charge in [0.25, 0.3) is 0 Å². The van der Waals surface area contributed by atoms with Crippen LogP contribution >= 0.6 is 15.9 Å². The third-order valence-corrected chi connectivity index (χ3v) is 4.24. The molecule has 0 aliphatic carbocycles. The summed E-state index contributed by atoms with van der Waals surface area (Å²) in [7, 11) is 0. The molecule has 4 heteroatoms. The van der Waals surface area contributed by atoms with Gasteiger partial charge in [-0.2, -0.15) is 0 Å². The zero-order chi connectivity index (χ0) is 13.9. The molecular formula is C15H21BrN2O. The van der Waals surface area contributed by atoms with Gasteiger partial charge in [-0.15, -0.1) is 0 Å². The van der Waals surface area contributed by atoms with E-state index in [0.29, 0.717) is 6.54 Å². The second kappa shape index (κ2) is 6.06. The first kappa shape index (κ1) is 14.5. The summed E-state index contributed by atoms with van der Waals surface area (Å²) in [6.07, 6.45) is 2.23. The molecule has 0 radical (unpaired) electrons. The summed E-state index contributed by atoms with van der Waals surface area (Å²) in [4.78, 5) is 12.3. The lowest BCUT2D eigenvalue weighted by molar-refractivity contribution is -0.126. The topological polar surface area (TPSA) is 41.1 Å². The molecule has 1 amide bonds. The van der Waals surface area contributed by atoms with E-state index in [1.807, 2.05) is 24.3 Å². The Balaban J connectivity index is 1.94. The molecule has 1 heterocycles. The standard InChI is InChI=1S/C15H21BrN2O/c1-15(2)7-4-8-17-13(15)14(19)18-10-11-5-3-6-12(16)9-11/h3,5-6,9,13,17H,4,7-8,10H2,1-2H3,(H,18,19). The number of halogens is 1. The zero-order valence-corrected chi connectivity index (χ0v) is 13.1. The van der Waals surface area contributed by atoms with Gasteiger partial charge < -0.3 is 10.6 Å². The number of amides is 1. The number of benzene rings is 1. The van der Waals surface area contributed by atoms with Crippen LogP contribution in [0.15, 0.2) is 28.7 Å². The van der Waals surface area contributed by atoms with Gasteiger partial charge in [-0.1, -0.05) is 41.9 Å². The number of rotatable bonds is 3. The first-order chi connectivity index (χ1) is 8.99. The van der Waals surface area contributed by atoms with E-state index < -0.39 is 0 Å². The summed E-state index contributed by atoms with van der Waals surface area (Å²) in [6.45, 7) is 5.82. The van der Waals surface area contributed by atoms with Gasteiger partial charge in [0.2, 0.25) is 5.91 Å². The average Bonchev–Trinajstić information content (AvgIpc) is 2.35. The third-order valence-electron chi connectivity index (χ3n) is 3.75. The molecule has 1 fully saturated rings. The van der Waals surface area contributed by atoms with Crippen molar-refractivity contribution >= 4 is 21.8 Å². The van der Waals surface area contributed by atoms with E-state index in [9.17, 15) is 4.79 Å². The van der Waals surface area contributed by atoms with Crippen molar-refractivity contribution in [2.24, 2.45) is 5.41 Å². The van der Waals surface area contributed by atoms with Crippen molar-refractivity contribution in [1.29, 1.82) is 0 Å². The van der Waals surface area contributed by atoms with Crippen molar-refractivity contribution < 1.29 is 4.79 Å². The fourth-order valence-corrected chi connectivity index (χ4v) is 3.04. The number of hydrogen-bond donors (Lipinski definition) is 2. The Labute approximate surface area is 123 Å². The number of carbonyl (C=O) groups is 1. The molecule has 104 valence electrons. The number of nitrogens with one attached hydrogen (secondary N) is 2. The molecule has 19 heavy (non-hydrogen) atoms. The van der Waals surface area contributed by atoms with Crippen LogP contribution in [0.5, 0.6) is 0 Å². The lowest BCUT2D eigenvalue weighted by atomic mass is 9.77. The predicted molar refractivity (Wildman–Crippen MR) is 80.8 cm³/mol. The highest BCUT2D eigenvalue weighted by Crippen LogP contribution is 2.30. The van der Waals surface area contributed by atoms with Crippen molar-refractivity contribution in [2.75, 3.05) is 6.54 Å². The molecule has 1 saturated heterocycles. The molecule has 1 aliphatic heterocycles. The third kappa shape index (κ3) is 3.80. The van der Waals surface area contributed by atoms with Crippen LogP contribution in [-0.4, -0.2) is 18.5 Å². The zero-order valence-electron chi connectivity index (χ0n) is 11.5. The summed E-state index contributed by atoms with van der Waals surface area (Å²) < 4.78 is 1.04. The molecule has 2 rings (SSSR count). The molecule has 1 aliphatic rings. The predicted octanol–water partition coefficient (Wildman–Crippen LogP) is 2.84. The van der Waals surface area contributed by atoms with Crippen LogP contribution in [0.3, 0.4) is 0 Å². The van der Waals surface area contributed by atoms with Crippen molar-refractivity contribution in [3.63, 3.8) is 0 Å². The van der Waals surface area contributed by atoms with Gasteiger partial charge in [-0.25, -0.2) is 0 Å². The number of hydrogen-bond acceptors (Lipinski definition) is 2. The van der Waals surface area contributed by atoms with Gasteiger partial charge in [0.1, 0.15) is 0 Å². The maximum atomic E-state index is 12.3. The molecule has 1 unspecified atom stereocenters. The Morgan fingerprint density at radius 1 is 1.53 bits per heavy atom. The van der Waals surface area contributed by atoms with E-state index in [1.54, 1.807) is 0 Å². The van der Waals surface area contributed by atoms with E-state index in [1.165, 1.54) is 0 Å². The second-order valence-electron chi connectivity index (χ2n) is 5.83. The smallest absolute Gasteiger partial charge is 0.237 e. The molecule has 1 aromatic rings. The average molecular weight is 325 g/mol. The van der Waals surface area contributed by atoms with Gasteiger partial charge in [0.15, 0.2) is 0 Å². The van der Waals surface area contributed by atoms with Gasteiger partial charge in [-0.05, 0) is 42.5 Å². The maximum Gasteiger partial charge on any atom is 0.237 e. The Morgan fingerprint density at radius 2 is 2.32 bits per heavy atom. The minimum atomic E-state index is -0.0894. The minimum absolute atomic E-state index is 0.0274. The van der Waals surface area contributed by atoms with Crippen LogP contribution in [0.4, 0.5) is 0 Å². The summed E-state index contributed by atoms with van der Waals surface area (Å²) in [5.41, 5.74) is 1.14. The van der Waals surface area contributed by atoms with Crippen LogP contribution in [0.2, 0.25) is 0 Å². The van der Waals surface area contributed by atoms with Crippen LogP contribution < -0.4 is 10.6 Å². The Kier molecular flexibility index (Phi) is 4.63. The lowest BCUT2D eigenvalue weighted by Crippen LogP contribution is -2.55. The van der Waals surface area contributed by atoms with Gasteiger partial charge in [-0.3, -0.25) is 4.79 Å². The normalized spacial score (nSPS) is 21.9. The fraction of sp³-hybridized carbons (Fsp3) is 0.533. The Bertz CT molecular complexity index is 459. The first-order valence-electron chi connectivity index (χ1n) is 6.74. The highest BCUT2D eigenvalue weighted by molar-refractivity contribution is 9.10. The molecule has 1 aromatic carbocycles. The van der Waals surface area contributed by atoms with E-state index in [2.05, 4.69) is 40.4 Å². The Morgan fingerprint density at radius 3 is 3.00 bits per heavy atom. The van der Waals surface area contributed by atoms with E-state index in [0.717, 1.165) is 29.4 Å². The SMILES string of the molecule is CC1(C)CCCNC1C(=O)NCc1cccc(Br)c1. The summed E-state index contributed by atoms with van der Waals surface area (Å²) in [5, 5.41) is 6.36. The monoisotopic (exact) mass is 324 g/mol. The van der Waals surface area contributed by atoms with Gasteiger partial charge >= 0.3 is 0 Å². The van der Waals surface area contributed by atoms with Crippen LogP contribution in [0, 0.1) is 5.41 Å². The van der Waals surface area contributed by atoms with Gasteiger partial charge in [0, 0.05) is 11.0 Å². The molecule has 0 bridgehead atoms. The quantitative estimate of drug-likeness (QED) is 0.897. The van der Waals surface area contributed by atoms with Crippen molar-refractivity contribution in [3.8, 4) is 0 Å². The minimum Gasteiger partial charge on any atom is -0.351 e. The number of piperidine rings is 1. The Hall–Kier alpha value is -0.870. The second-order valence-corrected chi connectivity index (χ2v) is 6.74. The first-order valence-corrected chi connectivity index (χ1v) is 7.54. The van der Waals surface area contributed by atoms with Crippen LogP contribution in [0.1, 0.15) is 32.3 Å². The molecule has 0 aromatic heterocycles. The van der Waals surface area contributed by atoms with E-state index in [-0.39, 0.29) is 17.4 Å². The fourth-order valence-electron chi connectivity index (χ4n) is 2.60. The highest BCUT2D eigenvalue weighted by atomic mass is 79.9.